The third-order valence-electron chi connectivity index (χ3n) is 3.11. The van der Waals surface area contributed by atoms with Gasteiger partial charge in [0.05, 0.1) is 20.8 Å². The Labute approximate surface area is 133 Å². The molecule has 0 saturated heterocycles. The van der Waals surface area contributed by atoms with E-state index < -0.39 is 16.4 Å². The first kappa shape index (κ1) is 14.9. The molecule has 0 spiro atoms. The van der Waals surface area contributed by atoms with Crippen molar-refractivity contribution < 1.29 is 14.4 Å². The molecule has 2 aromatic carbocycles. The average Bonchev–Trinajstić information content (AvgIpc) is 2.50. The smallest absolute Gasteiger partial charge is 0.305 e. The summed E-state index contributed by atoms with van der Waals surface area (Å²) in [4.78, 5) is 18.0. The van der Waals surface area contributed by atoms with Gasteiger partial charge in [-0.3, -0.25) is 10.1 Å². The van der Waals surface area contributed by atoms with Gasteiger partial charge < -0.3 is 10.4 Å². The number of nitro groups is 1. The lowest BCUT2D eigenvalue weighted by atomic mass is 10.2. The van der Waals surface area contributed by atoms with Crippen LogP contribution in [0.5, 0.6) is 5.75 Å². The van der Waals surface area contributed by atoms with Gasteiger partial charge in [-0.1, -0.05) is 11.6 Å². The lowest BCUT2D eigenvalue weighted by Crippen LogP contribution is -1.99. The van der Waals surface area contributed by atoms with Crippen molar-refractivity contribution in [3.8, 4) is 5.75 Å². The Morgan fingerprint density at radius 3 is 2.74 bits per heavy atom. The third-order valence-corrected chi connectivity index (χ3v) is 3.41. The van der Waals surface area contributed by atoms with Gasteiger partial charge in [0.25, 0.3) is 0 Å². The van der Waals surface area contributed by atoms with Gasteiger partial charge in [0.2, 0.25) is 5.82 Å². The molecule has 3 rings (SSSR count). The van der Waals surface area contributed by atoms with Crippen molar-refractivity contribution in [1.82, 2.24) is 9.97 Å². The van der Waals surface area contributed by atoms with E-state index in [4.69, 9.17) is 11.6 Å². The SMILES string of the molecule is O=[N+]([O-])c1cc2c(Nc3ccc(O)c(Cl)c3)ncnc2cc1F. The van der Waals surface area contributed by atoms with Crippen molar-refractivity contribution in [2.45, 2.75) is 0 Å². The Balaban J connectivity index is 2.11. The molecule has 0 fully saturated rings. The number of nitro benzene ring substituents is 1. The highest BCUT2D eigenvalue weighted by atomic mass is 35.5. The summed E-state index contributed by atoms with van der Waals surface area (Å²) >= 11 is 5.82. The van der Waals surface area contributed by atoms with Gasteiger partial charge >= 0.3 is 5.69 Å². The number of nitrogens with one attached hydrogen (secondary N) is 1. The maximum atomic E-state index is 13.7. The molecule has 0 unspecified atom stereocenters. The van der Waals surface area contributed by atoms with Crippen molar-refractivity contribution in [2.24, 2.45) is 0 Å². The molecule has 0 saturated carbocycles. The van der Waals surface area contributed by atoms with E-state index in [9.17, 15) is 19.6 Å². The number of halogens is 2. The van der Waals surface area contributed by atoms with E-state index >= 15 is 0 Å². The number of nitrogens with zero attached hydrogens (tertiary/aromatic N) is 3. The minimum atomic E-state index is -0.972. The number of phenolic OH excluding ortho intramolecular Hbond substituents is 1. The number of rotatable bonds is 3. The fourth-order valence-corrected chi connectivity index (χ4v) is 2.21. The fourth-order valence-electron chi connectivity index (χ4n) is 2.03. The van der Waals surface area contributed by atoms with Crippen LogP contribution in [-0.4, -0.2) is 20.0 Å². The van der Waals surface area contributed by atoms with Crippen LogP contribution in [0.3, 0.4) is 0 Å². The monoisotopic (exact) mass is 334 g/mol. The second-order valence-electron chi connectivity index (χ2n) is 4.59. The zero-order valence-corrected chi connectivity index (χ0v) is 12.1. The highest BCUT2D eigenvalue weighted by Gasteiger charge is 2.17. The third kappa shape index (κ3) is 2.84. The molecule has 116 valence electrons. The number of aromatic nitrogens is 2. The van der Waals surface area contributed by atoms with E-state index in [2.05, 4.69) is 15.3 Å². The molecule has 0 aliphatic rings. The van der Waals surface area contributed by atoms with Gasteiger partial charge in [-0.05, 0) is 18.2 Å². The number of phenols is 1. The van der Waals surface area contributed by atoms with Crippen LogP contribution in [-0.2, 0) is 0 Å². The largest absolute Gasteiger partial charge is 0.506 e. The van der Waals surface area contributed by atoms with Crippen molar-refractivity contribution in [1.29, 1.82) is 0 Å². The van der Waals surface area contributed by atoms with Crippen molar-refractivity contribution in [2.75, 3.05) is 5.32 Å². The maximum Gasteiger partial charge on any atom is 0.305 e. The Morgan fingerprint density at radius 2 is 2.04 bits per heavy atom. The van der Waals surface area contributed by atoms with Crippen LogP contribution >= 0.6 is 11.6 Å². The quantitative estimate of drug-likeness (QED) is 0.429. The van der Waals surface area contributed by atoms with Crippen molar-refractivity contribution >= 4 is 39.7 Å². The molecule has 0 atom stereocenters. The number of hydrogen-bond donors (Lipinski definition) is 2. The summed E-state index contributed by atoms with van der Waals surface area (Å²) in [6.07, 6.45) is 1.21. The summed E-state index contributed by atoms with van der Waals surface area (Å²) in [6.45, 7) is 0. The molecular weight excluding hydrogens is 327 g/mol. The fraction of sp³-hybridized carbons (Fsp3) is 0. The molecule has 7 nitrogen and oxygen atoms in total. The Kier molecular flexibility index (Phi) is 3.67. The van der Waals surface area contributed by atoms with Crippen LogP contribution in [0.25, 0.3) is 10.9 Å². The van der Waals surface area contributed by atoms with Crippen LogP contribution < -0.4 is 5.32 Å². The van der Waals surface area contributed by atoms with Gasteiger partial charge in [-0.2, -0.15) is 4.39 Å². The standard InChI is InChI=1S/C14H8ClFN4O3/c15-9-3-7(1-2-13(9)21)19-14-8-4-12(20(22)23)10(16)5-11(8)17-6-18-14/h1-6,21H,(H,17,18,19). The van der Waals surface area contributed by atoms with Gasteiger partial charge in [-0.15, -0.1) is 0 Å². The molecule has 1 heterocycles. The number of fused-ring (bicyclic) bond motifs is 1. The summed E-state index contributed by atoms with van der Waals surface area (Å²) in [6, 6.07) is 6.44. The molecule has 9 heteroatoms. The summed E-state index contributed by atoms with van der Waals surface area (Å²) in [5.74, 6) is -0.804. The number of hydrogen-bond acceptors (Lipinski definition) is 6. The second kappa shape index (κ2) is 5.65. The lowest BCUT2D eigenvalue weighted by molar-refractivity contribution is -0.387. The molecule has 23 heavy (non-hydrogen) atoms. The molecule has 2 N–H and O–H groups in total. The first-order valence-corrected chi connectivity index (χ1v) is 6.67. The number of benzene rings is 2. The van der Waals surface area contributed by atoms with Crippen LogP contribution in [0, 0.1) is 15.9 Å². The van der Waals surface area contributed by atoms with Crippen molar-refractivity contribution in [3.63, 3.8) is 0 Å². The zero-order chi connectivity index (χ0) is 16.6. The molecule has 3 aromatic rings. The van der Waals surface area contributed by atoms with Crippen LogP contribution in [0.1, 0.15) is 0 Å². The molecule has 0 aliphatic carbocycles. The Bertz CT molecular complexity index is 935. The minimum Gasteiger partial charge on any atom is -0.506 e. The van der Waals surface area contributed by atoms with E-state index in [0.717, 1.165) is 12.1 Å². The topological polar surface area (TPSA) is 101 Å². The van der Waals surface area contributed by atoms with Crippen LogP contribution in [0.15, 0.2) is 36.7 Å². The highest BCUT2D eigenvalue weighted by molar-refractivity contribution is 6.32. The molecular formula is C14H8ClFN4O3. The minimum absolute atomic E-state index is 0.0810. The van der Waals surface area contributed by atoms with E-state index in [1.54, 1.807) is 6.07 Å². The predicted molar refractivity (Wildman–Crippen MR) is 82.5 cm³/mol. The molecule has 0 amide bonds. The first-order chi connectivity index (χ1) is 11.0. The second-order valence-corrected chi connectivity index (χ2v) is 5.00. The molecule has 1 aromatic heterocycles. The number of anilines is 2. The number of aromatic hydroxyl groups is 1. The zero-order valence-electron chi connectivity index (χ0n) is 11.3. The highest BCUT2D eigenvalue weighted by Crippen LogP contribution is 2.31. The summed E-state index contributed by atoms with van der Waals surface area (Å²) < 4.78 is 13.7. The summed E-state index contributed by atoms with van der Waals surface area (Å²) in [7, 11) is 0. The van der Waals surface area contributed by atoms with E-state index in [1.165, 1.54) is 18.5 Å². The van der Waals surface area contributed by atoms with Crippen LogP contribution in [0.4, 0.5) is 21.6 Å². The first-order valence-electron chi connectivity index (χ1n) is 6.30. The summed E-state index contributed by atoms with van der Waals surface area (Å²) in [5.41, 5.74) is 0.0503. The van der Waals surface area contributed by atoms with Gasteiger partial charge in [0.1, 0.15) is 17.9 Å². The molecule has 0 aliphatic heterocycles. The molecule has 0 bridgehead atoms. The Morgan fingerprint density at radius 1 is 1.26 bits per heavy atom. The summed E-state index contributed by atoms with van der Waals surface area (Å²) in [5, 5.41) is 23.6. The van der Waals surface area contributed by atoms with E-state index in [-0.39, 0.29) is 27.5 Å². The average molecular weight is 335 g/mol. The van der Waals surface area contributed by atoms with E-state index in [1.807, 2.05) is 0 Å². The Hall–Kier alpha value is -3.00. The van der Waals surface area contributed by atoms with Gasteiger partial charge in [0.15, 0.2) is 0 Å². The van der Waals surface area contributed by atoms with Gasteiger partial charge in [-0.25, -0.2) is 9.97 Å². The predicted octanol–water partition coefficient (Wildman–Crippen LogP) is 3.78. The normalized spacial score (nSPS) is 10.7. The van der Waals surface area contributed by atoms with Gasteiger partial charge in [0, 0.05) is 17.8 Å². The van der Waals surface area contributed by atoms with Crippen LogP contribution in [0.2, 0.25) is 5.02 Å². The van der Waals surface area contributed by atoms with Crippen molar-refractivity contribution in [3.05, 3.63) is 57.6 Å². The lowest BCUT2D eigenvalue weighted by Gasteiger charge is -2.09. The maximum absolute atomic E-state index is 13.7. The molecule has 0 radical (unpaired) electrons. The van der Waals surface area contributed by atoms with E-state index in [0.29, 0.717) is 5.69 Å².